The van der Waals surface area contributed by atoms with E-state index in [1.165, 1.54) is 18.3 Å². The highest BCUT2D eigenvalue weighted by Gasteiger charge is 2.11. The number of aryl methyl sites for hydroxylation is 1. The molecule has 2 rings (SSSR count). The zero-order valence-electron chi connectivity index (χ0n) is 12.8. The number of hydrogen-bond donors (Lipinski definition) is 4. The molecule has 0 unspecified atom stereocenters. The summed E-state index contributed by atoms with van der Waals surface area (Å²) >= 11 is 6.02. The molecular weight excluding hydrogens is 328 g/mol. The van der Waals surface area contributed by atoms with Crippen LogP contribution < -0.4 is 16.4 Å². The van der Waals surface area contributed by atoms with Crippen LogP contribution in [0.2, 0.25) is 5.02 Å². The van der Waals surface area contributed by atoms with E-state index in [4.69, 9.17) is 22.6 Å². The highest BCUT2D eigenvalue weighted by atomic mass is 35.5. The second-order valence-corrected chi connectivity index (χ2v) is 5.41. The molecule has 0 heterocycles. The number of anilines is 3. The van der Waals surface area contributed by atoms with Crippen LogP contribution in [-0.4, -0.2) is 11.0 Å². The number of nitrogens with zero attached hydrogens (tertiary/aromatic N) is 1. The van der Waals surface area contributed by atoms with Gasteiger partial charge in [0, 0.05) is 17.6 Å². The van der Waals surface area contributed by atoms with Gasteiger partial charge in [-0.15, -0.1) is 0 Å². The minimum Gasteiger partial charge on any atom is -0.508 e. The molecule has 2 aromatic rings. The van der Waals surface area contributed by atoms with Gasteiger partial charge in [-0.2, -0.15) is 5.26 Å². The zero-order valence-corrected chi connectivity index (χ0v) is 13.6. The first kappa shape index (κ1) is 17.2. The minimum absolute atomic E-state index is 0.0983. The number of nitrogen functional groups attached to an aromatic ring is 1. The summed E-state index contributed by atoms with van der Waals surface area (Å²) in [6, 6.07) is 11.2. The van der Waals surface area contributed by atoms with Crippen molar-refractivity contribution < 1.29 is 9.90 Å². The Morgan fingerprint density at radius 2 is 2.00 bits per heavy atom. The number of nitrogens with one attached hydrogen (secondary N) is 2. The molecule has 0 bridgehead atoms. The topological polar surface area (TPSA) is 111 Å². The zero-order chi connectivity index (χ0) is 17.7. The van der Waals surface area contributed by atoms with Gasteiger partial charge in [0.2, 0.25) is 0 Å². The van der Waals surface area contributed by atoms with Crippen molar-refractivity contribution in [3.8, 4) is 11.8 Å². The van der Waals surface area contributed by atoms with Gasteiger partial charge in [-0.05, 0) is 48.9 Å². The first-order valence-corrected chi connectivity index (χ1v) is 7.31. The molecule has 0 aliphatic carbocycles. The number of nitrogens with two attached hydrogens (primary N) is 1. The highest BCUT2D eigenvalue weighted by Crippen LogP contribution is 2.24. The number of rotatable bonds is 4. The lowest BCUT2D eigenvalue weighted by Crippen LogP contribution is -2.15. The molecule has 24 heavy (non-hydrogen) atoms. The smallest absolute Gasteiger partial charge is 0.267 e. The largest absolute Gasteiger partial charge is 0.508 e. The van der Waals surface area contributed by atoms with E-state index in [9.17, 15) is 9.90 Å². The lowest BCUT2D eigenvalue weighted by molar-refractivity contribution is -0.112. The summed E-state index contributed by atoms with van der Waals surface area (Å²) in [6.45, 7) is 1.73. The monoisotopic (exact) mass is 342 g/mol. The molecule has 0 aliphatic rings. The third-order valence-corrected chi connectivity index (χ3v) is 3.50. The van der Waals surface area contributed by atoms with Gasteiger partial charge in [0.1, 0.15) is 17.4 Å². The van der Waals surface area contributed by atoms with Crippen LogP contribution in [0.25, 0.3) is 0 Å². The Morgan fingerprint density at radius 3 is 2.62 bits per heavy atom. The van der Waals surface area contributed by atoms with E-state index < -0.39 is 5.91 Å². The van der Waals surface area contributed by atoms with Crippen molar-refractivity contribution in [2.75, 3.05) is 16.4 Å². The quantitative estimate of drug-likeness (QED) is 0.294. The van der Waals surface area contributed by atoms with E-state index in [2.05, 4.69) is 10.6 Å². The molecule has 0 spiro atoms. The minimum atomic E-state index is -0.578. The Bertz CT molecular complexity index is 856. The third-order valence-electron chi connectivity index (χ3n) is 3.19. The van der Waals surface area contributed by atoms with Crippen molar-refractivity contribution in [1.29, 1.82) is 5.26 Å². The summed E-state index contributed by atoms with van der Waals surface area (Å²) in [5, 5.41) is 24.3. The maximum atomic E-state index is 12.2. The Kier molecular flexibility index (Phi) is 5.30. The first-order valence-electron chi connectivity index (χ1n) is 6.93. The van der Waals surface area contributed by atoms with E-state index in [-0.39, 0.29) is 11.3 Å². The summed E-state index contributed by atoms with van der Waals surface area (Å²) in [7, 11) is 0. The Labute approximate surface area is 144 Å². The lowest BCUT2D eigenvalue weighted by Gasteiger charge is -2.09. The van der Waals surface area contributed by atoms with Crippen LogP contribution >= 0.6 is 11.6 Å². The van der Waals surface area contributed by atoms with Gasteiger partial charge >= 0.3 is 0 Å². The maximum Gasteiger partial charge on any atom is 0.267 e. The van der Waals surface area contributed by atoms with Crippen LogP contribution in [0.5, 0.6) is 5.75 Å². The van der Waals surface area contributed by atoms with Crippen molar-refractivity contribution >= 4 is 34.6 Å². The molecule has 1 amide bonds. The summed E-state index contributed by atoms with van der Waals surface area (Å²) in [4.78, 5) is 12.2. The van der Waals surface area contributed by atoms with Crippen molar-refractivity contribution in [3.05, 3.63) is 58.8 Å². The molecule has 6 nitrogen and oxygen atoms in total. The van der Waals surface area contributed by atoms with Crippen LogP contribution in [0.3, 0.4) is 0 Å². The van der Waals surface area contributed by atoms with E-state index in [0.717, 1.165) is 0 Å². The van der Waals surface area contributed by atoms with Crippen LogP contribution in [0.15, 0.2) is 48.2 Å². The van der Waals surface area contributed by atoms with Gasteiger partial charge in [-0.3, -0.25) is 4.79 Å². The van der Waals surface area contributed by atoms with Crippen molar-refractivity contribution in [3.63, 3.8) is 0 Å². The van der Waals surface area contributed by atoms with Crippen LogP contribution in [0, 0.1) is 18.3 Å². The van der Waals surface area contributed by atoms with Crippen LogP contribution in [-0.2, 0) is 4.79 Å². The Morgan fingerprint density at radius 1 is 1.29 bits per heavy atom. The summed E-state index contributed by atoms with van der Waals surface area (Å²) < 4.78 is 0. The molecule has 2 aromatic carbocycles. The molecule has 0 aromatic heterocycles. The van der Waals surface area contributed by atoms with Gasteiger partial charge in [0.15, 0.2) is 0 Å². The maximum absolute atomic E-state index is 12.2. The molecule has 0 atom stereocenters. The average molecular weight is 343 g/mol. The lowest BCUT2D eigenvalue weighted by atomic mass is 10.2. The number of halogens is 1. The molecule has 5 N–H and O–H groups in total. The first-order chi connectivity index (χ1) is 11.4. The third kappa shape index (κ3) is 4.18. The fourth-order valence-electron chi connectivity index (χ4n) is 1.92. The van der Waals surface area contributed by atoms with Gasteiger partial charge in [-0.1, -0.05) is 11.6 Å². The van der Waals surface area contributed by atoms with Crippen molar-refractivity contribution in [1.82, 2.24) is 0 Å². The number of aromatic hydroxyl groups is 1. The molecule has 122 valence electrons. The SMILES string of the molecule is Cc1cc(O)ccc1NC(=O)/C(C#N)=C\Nc1ccc(N)cc1Cl. The number of benzene rings is 2. The molecular formula is C17H15ClN4O2. The normalized spacial score (nSPS) is 10.8. The summed E-state index contributed by atoms with van der Waals surface area (Å²) in [5.74, 6) is -0.480. The average Bonchev–Trinajstić information content (AvgIpc) is 2.52. The Hall–Kier alpha value is -3.17. The van der Waals surface area contributed by atoms with Gasteiger partial charge in [0.05, 0.1) is 10.7 Å². The van der Waals surface area contributed by atoms with Crippen LogP contribution in [0.4, 0.5) is 17.1 Å². The number of hydrogen-bond acceptors (Lipinski definition) is 5. The molecule has 7 heteroatoms. The number of nitriles is 1. The van der Waals surface area contributed by atoms with Gasteiger partial charge < -0.3 is 21.5 Å². The van der Waals surface area contributed by atoms with Gasteiger partial charge in [0.25, 0.3) is 5.91 Å². The number of carbonyl (C=O) groups is 1. The predicted octanol–water partition coefficient (Wildman–Crippen LogP) is 3.39. The fraction of sp³-hybridized carbons (Fsp3) is 0.0588. The molecule has 0 saturated heterocycles. The molecule has 0 saturated carbocycles. The van der Waals surface area contributed by atoms with Crippen LogP contribution in [0.1, 0.15) is 5.56 Å². The molecule has 0 radical (unpaired) electrons. The Balaban J connectivity index is 2.15. The van der Waals surface area contributed by atoms with Crippen molar-refractivity contribution in [2.45, 2.75) is 6.92 Å². The van der Waals surface area contributed by atoms with E-state index in [1.807, 2.05) is 6.07 Å². The van der Waals surface area contributed by atoms with E-state index in [0.29, 0.717) is 27.6 Å². The molecule has 0 fully saturated rings. The fourth-order valence-corrected chi connectivity index (χ4v) is 2.17. The van der Waals surface area contributed by atoms with Crippen molar-refractivity contribution in [2.24, 2.45) is 0 Å². The number of amides is 1. The summed E-state index contributed by atoms with van der Waals surface area (Å²) in [5.41, 5.74) is 7.69. The number of phenols is 1. The summed E-state index contributed by atoms with van der Waals surface area (Å²) in [6.07, 6.45) is 1.27. The van der Waals surface area contributed by atoms with E-state index >= 15 is 0 Å². The van der Waals surface area contributed by atoms with Gasteiger partial charge in [-0.25, -0.2) is 0 Å². The highest BCUT2D eigenvalue weighted by molar-refractivity contribution is 6.33. The standard InChI is InChI=1S/C17H15ClN4O2/c1-10-6-13(23)3-5-15(10)22-17(24)11(8-19)9-21-16-4-2-12(20)7-14(16)18/h2-7,9,21,23H,20H2,1H3,(H,22,24)/b11-9-. The number of carbonyl (C=O) groups excluding carboxylic acids is 1. The second-order valence-electron chi connectivity index (χ2n) is 5.01. The second kappa shape index (κ2) is 7.40. The van der Waals surface area contributed by atoms with E-state index in [1.54, 1.807) is 31.2 Å². The molecule has 0 aliphatic heterocycles. The predicted molar refractivity (Wildman–Crippen MR) is 94.7 cm³/mol. The number of phenolic OH excluding ortho intramolecular Hbond substituents is 1.